The number of hydrogen-bond acceptors (Lipinski definition) is 3. The Morgan fingerprint density at radius 2 is 2.36 bits per heavy atom. The van der Waals surface area contributed by atoms with Crippen LogP contribution in [0.4, 0.5) is 5.82 Å². The van der Waals surface area contributed by atoms with Crippen molar-refractivity contribution in [2.24, 2.45) is 0 Å². The highest BCUT2D eigenvalue weighted by atomic mass is 16.5. The minimum Gasteiger partial charge on any atom is -0.353 e. The van der Waals surface area contributed by atoms with E-state index in [1.54, 1.807) is 11.9 Å². The van der Waals surface area contributed by atoms with Crippen molar-refractivity contribution in [2.45, 2.75) is 27.2 Å². The van der Waals surface area contributed by atoms with Crippen LogP contribution in [0.25, 0.3) is 0 Å². The normalized spacial score (nSPS) is 14.2. The van der Waals surface area contributed by atoms with Crippen LogP contribution < -0.4 is 4.90 Å². The van der Waals surface area contributed by atoms with Crippen LogP contribution in [0.2, 0.25) is 0 Å². The number of rotatable bonds is 1. The van der Waals surface area contributed by atoms with Crippen molar-refractivity contribution in [1.82, 2.24) is 9.55 Å². The molecule has 5 heteroatoms. The summed E-state index contributed by atoms with van der Waals surface area (Å²) in [6.45, 7) is 4.46. The van der Waals surface area contributed by atoms with Crippen LogP contribution in [0, 0.1) is 6.92 Å². The Bertz CT molecular complexity index is 384. The monoisotopic (exact) mass is 195 g/mol. The van der Waals surface area contributed by atoms with Gasteiger partial charge in [-0.15, -0.1) is 0 Å². The SMILES string of the molecule is CC(=O)N(C)c1c(C)nc2n1COC2. The molecular formula is C9H13N3O2. The number of anilines is 1. The molecule has 1 amide bonds. The van der Waals surface area contributed by atoms with Gasteiger partial charge in [0.05, 0.1) is 5.69 Å². The molecule has 0 fully saturated rings. The van der Waals surface area contributed by atoms with E-state index in [0.717, 1.165) is 17.3 Å². The Kier molecular flexibility index (Phi) is 2.03. The lowest BCUT2D eigenvalue weighted by Gasteiger charge is -2.16. The molecule has 0 aliphatic carbocycles. The zero-order chi connectivity index (χ0) is 10.3. The van der Waals surface area contributed by atoms with Gasteiger partial charge in [-0.25, -0.2) is 4.98 Å². The molecule has 0 bridgehead atoms. The summed E-state index contributed by atoms with van der Waals surface area (Å²) in [6, 6.07) is 0. The minimum absolute atomic E-state index is 0.00250. The second-order valence-corrected chi connectivity index (χ2v) is 3.42. The molecule has 0 radical (unpaired) electrons. The summed E-state index contributed by atoms with van der Waals surface area (Å²) in [5, 5.41) is 0. The summed E-state index contributed by atoms with van der Waals surface area (Å²) in [5.74, 6) is 1.73. The fraction of sp³-hybridized carbons (Fsp3) is 0.556. The first-order valence-corrected chi connectivity index (χ1v) is 4.49. The smallest absolute Gasteiger partial charge is 0.224 e. The summed E-state index contributed by atoms with van der Waals surface area (Å²) in [6.07, 6.45) is 0. The Hall–Kier alpha value is -1.36. The van der Waals surface area contributed by atoms with Crippen LogP contribution in [0.15, 0.2) is 0 Å². The highest BCUT2D eigenvalue weighted by Gasteiger charge is 2.23. The maximum atomic E-state index is 11.2. The zero-order valence-electron chi connectivity index (χ0n) is 8.57. The second kappa shape index (κ2) is 3.09. The highest BCUT2D eigenvalue weighted by Crippen LogP contribution is 2.25. The predicted molar refractivity (Wildman–Crippen MR) is 50.8 cm³/mol. The number of carbonyl (C=O) groups is 1. The van der Waals surface area contributed by atoms with Crippen molar-refractivity contribution >= 4 is 11.7 Å². The van der Waals surface area contributed by atoms with E-state index in [9.17, 15) is 4.79 Å². The van der Waals surface area contributed by atoms with Gasteiger partial charge in [-0.05, 0) is 6.92 Å². The summed E-state index contributed by atoms with van der Waals surface area (Å²) >= 11 is 0. The molecule has 0 saturated carbocycles. The Morgan fingerprint density at radius 1 is 1.64 bits per heavy atom. The molecule has 1 aromatic heterocycles. The Balaban J connectivity index is 2.46. The predicted octanol–water partition coefficient (Wildman–Crippen LogP) is 0.662. The van der Waals surface area contributed by atoms with Crippen LogP contribution in [-0.2, 0) is 22.9 Å². The number of nitrogens with zero attached hydrogens (tertiary/aromatic N) is 3. The molecule has 0 spiro atoms. The van der Waals surface area contributed by atoms with Crippen LogP contribution in [0.1, 0.15) is 18.4 Å². The lowest BCUT2D eigenvalue weighted by atomic mass is 10.4. The fourth-order valence-corrected chi connectivity index (χ4v) is 1.67. The van der Waals surface area contributed by atoms with E-state index in [1.165, 1.54) is 6.92 Å². The average Bonchev–Trinajstić information content (AvgIpc) is 2.62. The molecule has 1 aromatic rings. The Morgan fingerprint density at radius 3 is 3.00 bits per heavy atom. The van der Waals surface area contributed by atoms with Crippen LogP contribution >= 0.6 is 0 Å². The molecule has 5 nitrogen and oxygen atoms in total. The molecule has 2 heterocycles. The van der Waals surface area contributed by atoms with Gasteiger partial charge >= 0.3 is 0 Å². The molecule has 0 unspecified atom stereocenters. The maximum Gasteiger partial charge on any atom is 0.224 e. The van der Waals surface area contributed by atoms with E-state index in [1.807, 2.05) is 11.5 Å². The molecular weight excluding hydrogens is 182 g/mol. The Labute approximate surface area is 82.3 Å². The fourth-order valence-electron chi connectivity index (χ4n) is 1.67. The largest absolute Gasteiger partial charge is 0.353 e. The number of aromatic nitrogens is 2. The zero-order valence-corrected chi connectivity index (χ0v) is 8.57. The first kappa shape index (κ1) is 9.21. The van der Waals surface area contributed by atoms with E-state index in [-0.39, 0.29) is 5.91 Å². The van der Waals surface area contributed by atoms with Gasteiger partial charge in [-0.3, -0.25) is 14.3 Å². The first-order chi connectivity index (χ1) is 6.61. The molecule has 0 saturated heterocycles. The first-order valence-electron chi connectivity index (χ1n) is 4.49. The number of amides is 1. The van der Waals surface area contributed by atoms with Crippen molar-refractivity contribution in [2.75, 3.05) is 11.9 Å². The lowest BCUT2D eigenvalue weighted by Crippen LogP contribution is -2.26. The number of hydrogen-bond donors (Lipinski definition) is 0. The van der Waals surface area contributed by atoms with E-state index < -0.39 is 0 Å². The lowest BCUT2D eigenvalue weighted by molar-refractivity contribution is -0.116. The van der Waals surface area contributed by atoms with Crippen molar-refractivity contribution in [3.05, 3.63) is 11.5 Å². The molecule has 1 aliphatic heterocycles. The van der Waals surface area contributed by atoms with Crippen molar-refractivity contribution in [3.8, 4) is 0 Å². The van der Waals surface area contributed by atoms with Crippen LogP contribution in [0.5, 0.6) is 0 Å². The molecule has 2 rings (SSSR count). The van der Waals surface area contributed by atoms with E-state index in [4.69, 9.17) is 4.74 Å². The molecule has 14 heavy (non-hydrogen) atoms. The number of imidazole rings is 1. The van der Waals surface area contributed by atoms with E-state index in [0.29, 0.717) is 13.3 Å². The van der Waals surface area contributed by atoms with Crippen molar-refractivity contribution in [1.29, 1.82) is 0 Å². The third-order valence-corrected chi connectivity index (χ3v) is 2.43. The van der Waals surface area contributed by atoms with Gasteiger partial charge in [-0.2, -0.15) is 0 Å². The highest BCUT2D eigenvalue weighted by molar-refractivity contribution is 5.90. The molecule has 1 aliphatic rings. The van der Waals surface area contributed by atoms with Crippen molar-refractivity contribution < 1.29 is 9.53 Å². The summed E-state index contributed by atoms with van der Waals surface area (Å²) in [5.41, 5.74) is 0.876. The topological polar surface area (TPSA) is 47.4 Å². The van der Waals surface area contributed by atoms with Gasteiger partial charge in [0.2, 0.25) is 5.91 Å². The van der Waals surface area contributed by atoms with Gasteiger partial charge in [0.1, 0.15) is 25.0 Å². The van der Waals surface area contributed by atoms with Crippen LogP contribution in [0.3, 0.4) is 0 Å². The van der Waals surface area contributed by atoms with Gasteiger partial charge in [0.15, 0.2) is 0 Å². The van der Waals surface area contributed by atoms with E-state index >= 15 is 0 Å². The minimum atomic E-state index is 0.00250. The maximum absolute atomic E-state index is 11.2. The molecule has 76 valence electrons. The van der Waals surface area contributed by atoms with Gasteiger partial charge in [-0.1, -0.05) is 0 Å². The molecule has 0 atom stereocenters. The number of carbonyl (C=O) groups excluding carboxylic acids is 1. The quantitative estimate of drug-likeness (QED) is 0.661. The van der Waals surface area contributed by atoms with Gasteiger partial charge < -0.3 is 4.74 Å². The number of fused-ring (bicyclic) bond motifs is 1. The second-order valence-electron chi connectivity index (χ2n) is 3.42. The number of ether oxygens (including phenoxy) is 1. The summed E-state index contributed by atoms with van der Waals surface area (Å²) < 4.78 is 7.17. The standard InChI is InChI=1S/C9H13N3O2/c1-6-9(11(3)7(2)13)12-5-14-4-8(12)10-6/h4-5H2,1-3H3. The van der Waals surface area contributed by atoms with Gasteiger partial charge in [0.25, 0.3) is 0 Å². The third-order valence-electron chi connectivity index (χ3n) is 2.43. The number of aryl methyl sites for hydroxylation is 1. The summed E-state index contributed by atoms with van der Waals surface area (Å²) in [7, 11) is 1.75. The van der Waals surface area contributed by atoms with Gasteiger partial charge in [0, 0.05) is 14.0 Å². The van der Waals surface area contributed by atoms with Crippen LogP contribution in [-0.4, -0.2) is 22.5 Å². The molecule has 0 N–H and O–H groups in total. The molecule has 0 aromatic carbocycles. The van der Waals surface area contributed by atoms with E-state index in [2.05, 4.69) is 4.98 Å². The third kappa shape index (κ3) is 1.21. The average molecular weight is 195 g/mol. The van der Waals surface area contributed by atoms with Crippen molar-refractivity contribution in [3.63, 3.8) is 0 Å². The summed E-state index contributed by atoms with van der Waals surface area (Å²) in [4.78, 5) is 17.2.